The van der Waals surface area contributed by atoms with E-state index in [1.807, 2.05) is 30.3 Å². The second-order valence-electron chi connectivity index (χ2n) is 6.70. The molecule has 0 radical (unpaired) electrons. The highest BCUT2D eigenvalue weighted by Crippen LogP contribution is 2.21. The fraction of sp³-hybridized carbons (Fsp3) is 0.174. The average Bonchev–Trinajstić information content (AvgIpc) is 2.78. The molecule has 0 unspecified atom stereocenters. The van der Waals surface area contributed by atoms with Crippen LogP contribution in [0.3, 0.4) is 0 Å². The normalized spacial score (nSPS) is 10.4. The monoisotopic (exact) mass is 405 g/mol. The number of nitrogens with zero attached hydrogens (tertiary/aromatic N) is 2. The van der Waals surface area contributed by atoms with Crippen molar-refractivity contribution in [3.05, 3.63) is 106 Å². The van der Waals surface area contributed by atoms with Crippen molar-refractivity contribution in [2.45, 2.75) is 13.2 Å². The number of nitro groups is 1. The lowest BCUT2D eigenvalue weighted by atomic mass is 10.1. The molecule has 154 valence electrons. The zero-order valence-corrected chi connectivity index (χ0v) is 16.4. The first-order valence-corrected chi connectivity index (χ1v) is 9.57. The summed E-state index contributed by atoms with van der Waals surface area (Å²) < 4.78 is 5.75. The molecule has 0 bridgehead atoms. The van der Waals surface area contributed by atoms with Crippen LogP contribution in [0.15, 0.2) is 78.9 Å². The summed E-state index contributed by atoms with van der Waals surface area (Å²) in [4.78, 5) is 25.3. The second-order valence-corrected chi connectivity index (χ2v) is 6.70. The number of carbonyl (C=O) groups excluding carboxylic acids is 1. The lowest BCUT2D eigenvalue weighted by Crippen LogP contribution is -2.35. The largest absolute Gasteiger partial charge is 0.489 e. The van der Waals surface area contributed by atoms with Crippen LogP contribution >= 0.6 is 0 Å². The van der Waals surface area contributed by atoms with E-state index in [2.05, 4.69) is 0 Å². The Balaban J connectivity index is 1.70. The van der Waals surface area contributed by atoms with Crippen LogP contribution in [0.1, 0.15) is 21.5 Å². The van der Waals surface area contributed by atoms with Gasteiger partial charge in [0.1, 0.15) is 12.4 Å². The van der Waals surface area contributed by atoms with Crippen LogP contribution in [-0.4, -0.2) is 28.8 Å². The number of rotatable bonds is 9. The molecule has 0 saturated carbocycles. The minimum Gasteiger partial charge on any atom is -0.489 e. The molecule has 3 aromatic carbocycles. The number of carbonyl (C=O) groups is 1. The van der Waals surface area contributed by atoms with Gasteiger partial charge in [0.2, 0.25) is 0 Å². The zero-order valence-electron chi connectivity index (χ0n) is 16.4. The van der Waals surface area contributed by atoms with Crippen molar-refractivity contribution in [3.63, 3.8) is 0 Å². The number of hydrogen-bond acceptors (Lipinski definition) is 5. The highest BCUT2D eigenvalue weighted by atomic mass is 16.6. The molecule has 3 rings (SSSR count). The third-order valence-electron chi connectivity index (χ3n) is 4.59. The minimum atomic E-state index is -0.445. The van der Waals surface area contributed by atoms with Gasteiger partial charge >= 0.3 is 0 Å². The molecule has 0 fully saturated rings. The third kappa shape index (κ3) is 5.42. The molecule has 0 saturated heterocycles. The van der Waals surface area contributed by atoms with Gasteiger partial charge in [0.05, 0.1) is 11.5 Å². The van der Waals surface area contributed by atoms with Crippen molar-refractivity contribution in [1.82, 2.24) is 4.90 Å². The number of amides is 1. The average molecular weight is 405 g/mol. The first-order chi connectivity index (χ1) is 14.6. The Morgan fingerprint density at radius 1 is 0.967 bits per heavy atom. The highest BCUT2D eigenvalue weighted by molar-refractivity contribution is 5.94. The van der Waals surface area contributed by atoms with Gasteiger partial charge in [-0.1, -0.05) is 48.5 Å². The van der Waals surface area contributed by atoms with Crippen molar-refractivity contribution < 1.29 is 14.5 Å². The smallest absolute Gasteiger partial charge is 0.274 e. The molecule has 0 atom stereocenters. The molecule has 1 amide bonds. The van der Waals surface area contributed by atoms with Crippen molar-refractivity contribution in [3.8, 4) is 5.75 Å². The molecule has 7 nitrogen and oxygen atoms in total. The van der Waals surface area contributed by atoms with Gasteiger partial charge in [0.25, 0.3) is 11.6 Å². The second kappa shape index (κ2) is 10.2. The molecule has 7 heteroatoms. The number of para-hydroxylation sites is 1. The van der Waals surface area contributed by atoms with Gasteiger partial charge in [-0.25, -0.2) is 0 Å². The lowest BCUT2D eigenvalue weighted by molar-refractivity contribution is -0.385. The van der Waals surface area contributed by atoms with Gasteiger partial charge in [0.15, 0.2) is 0 Å². The topological polar surface area (TPSA) is 98.7 Å². The minimum absolute atomic E-state index is 0.0167. The fourth-order valence-corrected chi connectivity index (χ4v) is 3.05. The van der Waals surface area contributed by atoms with Crippen LogP contribution in [0.4, 0.5) is 5.69 Å². The van der Waals surface area contributed by atoms with Gasteiger partial charge in [-0.15, -0.1) is 0 Å². The summed E-state index contributed by atoms with van der Waals surface area (Å²) in [6.45, 7) is 1.09. The number of benzene rings is 3. The molecule has 30 heavy (non-hydrogen) atoms. The summed E-state index contributed by atoms with van der Waals surface area (Å²) in [5, 5.41) is 11.3. The number of nitrogens with two attached hydrogens (primary N) is 1. The zero-order chi connectivity index (χ0) is 21.3. The molecule has 0 aromatic heterocycles. The molecule has 0 aliphatic heterocycles. The predicted molar refractivity (Wildman–Crippen MR) is 114 cm³/mol. The molecule has 0 heterocycles. The summed E-state index contributed by atoms with van der Waals surface area (Å²) in [5.41, 5.74) is 7.64. The molecule has 0 spiro atoms. The Hall–Kier alpha value is -3.71. The number of hydrogen-bond donors (Lipinski definition) is 1. The first-order valence-electron chi connectivity index (χ1n) is 9.57. The van der Waals surface area contributed by atoms with E-state index in [1.165, 1.54) is 11.0 Å². The fourth-order valence-electron chi connectivity index (χ4n) is 3.05. The molecular formula is C23H23N3O4. The number of nitro benzene ring substituents is 1. The van der Waals surface area contributed by atoms with Crippen molar-refractivity contribution >= 4 is 11.6 Å². The number of ether oxygens (including phenoxy) is 1. The standard InChI is InChI=1S/C23H23N3O4/c24-14-15-25(16-20-8-4-5-9-22(20)26(28)29)23(27)19-10-12-21(13-11-19)30-17-18-6-2-1-3-7-18/h1-13H,14-17,24H2. The molecule has 0 aliphatic rings. The van der Waals surface area contributed by atoms with Gasteiger partial charge in [-0.3, -0.25) is 14.9 Å². The van der Waals surface area contributed by atoms with E-state index < -0.39 is 4.92 Å². The van der Waals surface area contributed by atoms with Crippen LogP contribution in [0.5, 0.6) is 5.75 Å². The van der Waals surface area contributed by atoms with Crippen LogP contribution < -0.4 is 10.5 Å². The van der Waals surface area contributed by atoms with E-state index in [-0.39, 0.29) is 31.2 Å². The predicted octanol–water partition coefficient (Wildman–Crippen LogP) is 3.77. The van der Waals surface area contributed by atoms with E-state index >= 15 is 0 Å². The van der Waals surface area contributed by atoms with Gasteiger partial charge in [-0.05, 0) is 29.8 Å². The van der Waals surface area contributed by atoms with E-state index in [4.69, 9.17) is 10.5 Å². The van der Waals surface area contributed by atoms with Crippen LogP contribution in [0, 0.1) is 10.1 Å². The maximum absolute atomic E-state index is 13.0. The van der Waals surface area contributed by atoms with Crippen LogP contribution in [0.2, 0.25) is 0 Å². The van der Waals surface area contributed by atoms with E-state index in [1.54, 1.807) is 42.5 Å². The third-order valence-corrected chi connectivity index (χ3v) is 4.59. The maximum Gasteiger partial charge on any atom is 0.274 e. The van der Waals surface area contributed by atoms with Crippen LogP contribution in [0.25, 0.3) is 0 Å². The summed E-state index contributed by atoms with van der Waals surface area (Å²) in [6.07, 6.45) is 0. The molecule has 0 aliphatic carbocycles. The van der Waals surface area contributed by atoms with E-state index in [0.717, 1.165) is 5.56 Å². The maximum atomic E-state index is 13.0. The summed E-state index contributed by atoms with van der Waals surface area (Å²) >= 11 is 0. The van der Waals surface area contributed by atoms with Gasteiger partial charge < -0.3 is 15.4 Å². The first kappa shape index (κ1) is 21.0. The Morgan fingerprint density at radius 3 is 2.30 bits per heavy atom. The van der Waals surface area contributed by atoms with Gasteiger partial charge in [-0.2, -0.15) is 0 Å². The van der Waals surface area contributed by atoms with Gasteiger partial charge in [0, 0.05) is 30.3 Å². The van der Waals surface area contributed by atoms with Crippen molar-refractivity contribution in [2.75, 3.05) is 13.1 Å². The Morgan fingerprint density at radius 2 is 1.63 bits per heavy atom. The SMILES string of the molecule is NCCN(Cc1ccccc1[N+](=O)[O-])C(=O)c1ccc(OCc2ccccc2)cc1. The Bertz CT molecular complexity index is 991. The Kier molecular flexibility index (Phi) is 7.13. The summed E-state index contributed by atoms with van der Waals surface area (Å²) in [7, 11) is 0. The summed E-state index contributed by atoms with van der Waals surface area (Å²) in [5.74, 6) is 0.410. The molecule has 2 N–H and O–H groups in total. The van der Waals surface area contributed by atoms with Crippen molar-refractivity contribution in [1.29, 1.82) is 0 Å². The van der Waals surface area contributed by atoms with Crippen molar-refractivity contribution in [2.24, 2.45) is 5.73 Å². The van der Waals surface area contributed by atoms with Crippen LogP contribution in [-0.2, 0) is 13.2 Å². The Labute approximate surface area is 174 Å². The molecule has 3 aromatic rings. The lowest BCUT2D eigenvalue weighted by Gasteiger charge is -2.22. The highest BCUT2D eigenvalue weighted by Gasteiger charge is 2.20. The van der Waals surface area contributed by atoms with E-state index in [9.17, 15) is 14.9 Å². The molecular weight excluding hydrogens is 382 g/mol. The van der Waals surface area contributed by atoms with E-state index in [0.29, 0.717) is 23.5 Å². The summed E-state index contributed by atoms with van der Waals surface area (Å²) in [6, 6.07) is 23.0. The quantitative estimate of drug-likeness (QED) is 0.431.